The summed E-state index contributed by atoms with van der Waals surface area (Å²) in [6.07, 6.45) is 2.86. The molecule has 4 heteroatoms. The second kappa shape index (κ2) is 4.29. The third kappa shape index (κ3) is 1.88. The van der Waals surface area contributed by atoms with E-state index in [1.54, 1.807) is 11.9 Å². The lowest BCUT2D eigenvalue weighted by Gasteiger charge is -2.26. The highest BCUT2D eigenvalue weighted by Gasteiger charge is 2.20. The largest absolute Gasteiger partial charge is 0.315 e. The van der Waals surface area contributed by atoms with Crippen LogP contribution < -0.4 is 4.90 Å². The number of rotatable bonds is 2. The Kier molecular flexibility index (Phi) is 2.84. The molecule has 1 heterocycles. The van der Waals surface area contributed by atoms with Crippen molar-refractivity contribution in [2.75, 3.05) is 11.9 Å². The third-order valence-corrected chi connectivity index (χ3v) is 2.82. The molecule has 82 valence electrons. The number of benzene rings is 1. The van der Waals surface area contributed by atoms with Crippen LogP contribution in [0.4, 0.5) is 5.69 Å². The molecule has 0 saturated carbocycles. The zero-order valence-electron chi connectivity index (χ0n) is 9.06. The van der Waals surface area contributed by atoms with Crippen molar-refractivity contribution in [2.45, 2.75) is 19.4 Å². The molecule has 1 aliphatic rings. The predicted molar refractivity (Wildman–Crippen MR) is 60.0 cm³/mol. The number of anilines is 1. The number of carbonyl (C=O) groups excluding carboxylic acids is 2. The van der Waals surface area contributed by atoms with E-state index in [9.17, 15) is 9.59 Å². The number of isocyanates is 1. The molecule has 0 aromatic heterocycles. The Labute approximate surface area is 93.6 Å². The van der Waals surface area contributed by atoms with Gasteiger partial charge in [0.15, 0.2) is 0 Å². The van der Waals surface area contributed by atoms with Crippen LogP contribution in [0, 0.1) is 0 Å². The number of fused-ring (bicyclic) bond motifs is 1. The molecular formula is C12H12N2O2. The van der Waals surface area contributed by atoms with Crippen molar-refractivity contribution in [2.24, 2.45) is 4.99 Å². The van der Waals surface area contributed by atoms with Crippen LogP contribution in [0.25, 0.3) is 0 Å². The van der Waals surface area contributed by atoms with Crippen molar-refractivity contribution in [3.63, 3.8) is 0 Å². The number of hydrogen-bond donors (Lipinski definition) is 0. The quantitative estimate of drug-likeness (QED) is 0.554. The first-order valence-electron chi connectivity index (χ1n) is 5.14. The van der Waals surface area contributed by atoms with Crippen molar-refractivity contribution in [3.05, 3.63) is 29.3 Å². The SMILES string of the molecule is CN1C(=O)CCc2ccc(CN=C=O)cc21. The third-order valence-electron chi connectivity index (χ3n) is 2.82. The zero-order chi connectivity index (χ0) is 11.5. The zero-order valence-corrected chi connectivity index (χ0v) is 9.06. The molecule has 4 nitrogen and oxygen atoms in total. The number of aliphatic imine (C=N–C) groups is 1. The predicted octanol–water partition coefficient (Wildman–Crippen LogP) is 1.43. The summed E-state index contributed by atoms with van der Waals surface area (Å²) < 4.78 is 0. The summed E-state index contributed by atoms with van der Waals surface area (Å²) in [5.41, 5.74) is 3.01. The summed E-state index contributed by atoms with van der Waals surface area (Å²) in [4.78, 5) is 26.7. The van der Waals surface area contributed by atoms with Gasteiger partial charge >= 0.3 is 0 Å². The molecule has 1 aliphatic heterocycles. The maximum Gasteiger partial charge on any atom is 0.235 e. The molecule has 0 bridgehead atoms. The molecule has 0 unspecified atom stereocenters. The van der Waals surface area contributed by atoms with Crippen molar-refractivity contribution in [1.82, 2.24) is 0 Å². The molecule has 0 aliphatic carbocycles. The molecule has 1 amide bonds. The van der Waals surface area contributed by atoms with Crippen molar-refractivity contribution in [3.8, 4) is 0 Å². The summed E-state index contributed by atoms with van der Waals surface area (Å²) in [7, 11) is 1.77. The van der Waals surface area contributed by atoms with Gasteiger partial charge in [0, 0.05) is 19.2 Å². The Bertz CT molecular complexity index is 476. The summed E-state index contributed by atoms with van der Waals surface area (Å²) in [5, 5.41) is 0. The van der Waals surface area contributed by atoms with E-state index in [0.29, 0.717) is 13.0 Å². The van der Waals surface area contributed by atoms with E-state index in [4.69, 9.17) is 0 Å². The van der Waals surface area contributed by atoms with Gasteiger partial charge in [-0.25, -0.2) is 9.79 Å². The van der Waals surface area contributed by atoms with Crippen LogP contribution in [-0.2, 0) is 22.6 Å². The van der Waals surface area contributed by atoms with Crippen LogP contribution in [0.2, 0.25) is 0 Å². The van der Waals surface area contributed by atoms with Crippen molar-refractivity contribution < 1.29 is 9.59 Å². The van der Waals surface area contributed by atoms with E-state index in [1.165, 1.54) is 11.6 Å². The second-order valence-corrected chi connectivity index (χ2v) is 3.82. The first kappa shape index (κ1) is 10.6. The van der Waals surface area contributed by atoms with E-state index in [1.807, 2.05) is 18.2 Å². The van der Waals surface area contributed by atoms with E-state index in [0.717, 1.165) is 17.7 Å². The van der Waals surface area contributed by atoms with Crippen LogP contribution in [0.3, 0.4) is 0 Å². The topological polar surface area (TPSA) is 49.7 Å². The molecule has 0 radical (unpaired) electrons. The monoisotopic (exact) mass is 216 g/mol. The molecule has 1 aromatic rings. The minimum atomic E-state index is 0.128. The molecule has 0 atom stereocenters. The Morgan fingerprint density at radius 1 is 1.44 bits per heavy atom. The van der Waals surface area contributed by atoms with Gasteiger partial charge in [-0.1, -0.05) is 12.1 Å². The van der Waals surface area contributed by atoms with Gasteiger partial charge in [-0.2, -0.15) is 0 Å². The Balaban J connectivity index is 2.36. The summed E-state index contributed by atoms with van der Waals surface area (Å²) in [5.74, 6) is 0.128. The van der Waals surface area contributed by atoms with Crippen LogP contribution in [-0.4, -0.2) is 19.0 Å². The molecule has 16 heavy (non-hydrogen) atoms. The van der Waals surface area contributed by atoms with Crippen LogP contribution in [0.15, 0.2) is 23.2 Å². The molecule has 0 spiro atoms. The summed E-state index contributed by atoms with van der Waals surface area (Å²) in [6, 6.07) is 5.84. The van der Waals surface area contributed by atoms with Gasteiger partial charge in [-0.05, 0) is 23.6 Å². The van der Waals surface area contributed by atoms with Gasteiger partial charge in [0.05, 0.1) is 6.54 Å². The van der Waals surface area contributed by atoms with E-state index in [-0.39, 0.29) is 5.91 Å². The highest BCUT2D eigenvalue weighted by atomic mass is 16.2. The lowest BCUT2D eigenvalue weighted by molar-refractivity contribution is -0.118. The summed E-state index contributed by atoms with van der Waals surface area (Å²) >= 11 is 0. The molecule has 0 saturated heterocycles. The fourth-order valence-electron chi connectivity index (χ4n) is 1.90. The van der Waals surface area contributed by atoms with Crippen LogP contribution in [0.5, 0.6) is 0 Å². The minimum Gasteiger partial charge on any atom is -0.315 e. The van der Waals surface area contributed by atoms with Crippen LogP contribution >= 0.6 is 0 Å². The first-order chi connectivity index (χ1) is 7.72. The van der Waals surface area contributed by atoms with E-state index >= 15 is 0 Å². The lowest BCUT2D eigenvalue weighted by atomic mass is 9.99. The molecule has 0 N–H and O–H groups in total. The van der Waals surface area contributed by atoms with E-state index < -0.39 is 0 Å². The summed E-state index contributed by atoms with van der Waals surface area (Å²) in [6.45, 7) is 0.318. The maximum atomic E-state index is 11.5. The van der Waals surface area contributed by atoms with Gasteiger partial charge in [0.1, 0.15) is 0 Å². The number of hydrogen-bond acceptors (Lipinski definition) is 3. The van der Waals surface area contributed by atoms with Gasteiger partial charge in [0.25, 0.3) is 0 Å². The normalized spacial score (nSPS) is 14.3. The Hall–Kier alpha value is -1.93. The average Bonchev–Trinajstić information content (AvgIpc) is 2.31. The average molecular weight is 216 g/mol. The highest BCUT2D eigenvalue weighted by molar-refractivity contribution is 5.95. The molecule has 2 rings (SSSR count). The highest BCUT2D eigenvalue weighted by Crippen LogP contribution is 2.27. The first-order valence-corrected chi connectivity index (χ1v) is 5.14. The number of amides is 1. The Morgan fingerprint density at radius 2 is 2.25 bits per heavy atom. The molecular weight excluding hydrogens is 204 g/mol. The number of aryl methyl sites for hydroxylation is 1. The van der Waals surface area contributed by atoms with Gasteiger partial charge in [-0.3, -0.25) is 4.79 Å². The Morgan fingerprint density at radius 3 is 3.00 bits per heavy atom. The van der Waals surface area contributed by atoms with E-state index in [2.05, 4.69) is 4.99 Å². The smallest absolute Gasteiger partial charge is 0.235 e. The van der Waals surface area contributed by atoms with Gasteiger partial charge in [-0.15, -0.1) is 0 Å². The molecule has 0 fully saturated rings. The van der Waals surface area contributed by atoms with Gasteiger partial charge in [0.2, 0.25) is 12.0 Å². The molecule has 1 aromatic carbocycles. The maximum absolute atomic E-state index is 11.5. The van der Waals surface area contributed by atoms with Crippen molar-refractivity contribution >= 4 is 17.7 Å². The number of nitrogens with zero attached hydrogens (tertiary/aromatic N) is 2. The fourth-order valence-corrected chi connectivity index (χ4v) is 1.90. The van der Waals surface area contributed by atoms with Gasteiger partial charge < -0.3 is 4.90 Å². The lowest BCUT2D eigenvalue weighted by Crippen LogP contribution is -2.31. The second-order valence-electron chi connectivity index (χ2n) is 3.82. The fraction of sp³-hybridized carbons (Fsp3) is 0.333. The number of carbonyl (C=O) groups is 1. The van der Waals surface area contributed by atoms with Crippen molar-refractivity contribution in [1.29, 1.82) is 0 Å². The standard InChI is InChI=1S/C12H12N2O2/c1-14-11-6-9(7-13-8-15)2-3-10(11)4-5-12(14)16/h2-3,6H,4-5,7H2,1H3. The van der Waals surface area contributed by atoms with Crippen LogP contribution in [0.1, 0.15) is 17.5 Å². The minimum absolute atomic E-state index is 0.128.